The number of pyridine rings is 1. The Morgan fingerprint density at radius 3 is 2.58 bits per heavy atom. The maximum Gasteiger partial charge on any atom is 0.200 e. The van der Waals surface area contributed by atoms with Crippen molar-refractivity contribution in [3.05, 3.63) is 59.4 Å². The molecule has 4 heteroatoms. The highest BCUT2D eigenvalue weighted by molar-refractivity contribution is 5.42. The molecule has 0 atom stereocenters. The molecule has 2 heterocycles. The first-order valence-corrected chi connectivity index (χ1v) is 6.20. The van der Waals surface area contributed by atoms with Gasteiger partial charge >= 0.3 is 0 Å². The average Bonchev–Trinajstić information content (AvgIpc) is 2.85. The van der Waals surface area contributed by atoms with Crippen molar-refractivity contribution in [3.8, 4) is 5.88 Å². The van der Waals surface area contributed by atoms with E-state index in [0.29, 0.717) is 0 Å². The molecule has 19 heavy (non-hydrogen) atoms. The van der Waals surface area contributed by atoms with E-state index in [9.17, 15) is 0 Å². The fraction of sp³-hybridized carbons (Fsp3) is 0.200. The Balaban J connectivity index is 2.03. The first kappa shape index (κ1) is 11.7. The molecular weight excluding hydrogens is 238 g/mol. The molecule has 0 aliphatic heterocycles. The lowest BCUT2D eigenvalue weighted by molar-refractivity contribution is 0.390. The minimum atomic E-state index is 0.738. The van der Waals surface area contributed by atoms with E-state index in [1.807, 2.05) is 22.6 Å². The molecule has 3 rings (SSSR count). The van der Waals surface area contributed by atoms with Crippen LogP contribution < -0.4 is 4.74 Å². The van der Waals surface area contributed by atoms with Crippen LogP contribution in [-0.4, -0.2) is 21.7 Å². The standard InChI is InChI=1S/C15H15N3O/c1-11-6-8-12(9-7-11)10-14-17-16-13-4-3-5-15(19-2)18(13)14/h3-9H,10H2,1-2H3. The second kappa shape index (κ2) is 4.72. The Morgan fingerprint density at radius 2 is 1.84 bits per heavy atom. The van der Waals surface area contributed by atoms with Crippen molar-refractivity contribution in [1.29, 1.82) is 0 Å². The van der Waals surface area contributed by atoms with Gasteiger partial charge in [-0.3, -0.25) is 0 Å². The number of methoxy groups -OCH3 is 1. The molecule has 3 aromatic rings. The summed E-state index contributed by atoms with van der Waals surface area (Å²) in [6, 6.07) is 14.2. The molecule has 96 valence electrons. The zero-order valence-electron chi connectivity index (χ0n) is 11.0. The highest BCUT2D eigenvalue weighted by Gasteiger charge is 2.10. The van der Waals surface area contributed by atoms with Crippen molar-refractivity contribution in [3.63, 3.8) is 0 Å². The number of hydrogen-bond acceptors (Lipinski definition) is 3. The van der Waals surface area contributed by atoms with Crippen molar-refractivity contribution in [2.45, 2.75) is 13.3 Å². The summed E-state index contributed by atoms with van der Waals surface area (Å²) < 4.78 is 7.31. The van der Waals surface area contributed by atoms with Crippen molar-refractivity contribution in [1.82, 2.24) is 14.6 Å². The molecule has 0 radical (unpaired) electrons. The van der Waals surface area contributed by atoms with Gasteiger partial charge in [-0.25, -0.2) is 4.40 Å². The molecule has 0 unspecified atom stereocenters. The lowest BCUT2D eigenvalue weighted by Gasteiger charge is -2.06. The molecule has 4 nitrogen and oxygen atoms in total. The average molecular weight is 253 g/mol. The number of benzene rings is 1. The van der Waals surface area contributed by atoms with E-state index in [2.05, 4.69) is 41.4 Å². The summed E-state index contributed by atoms with van der Waals surface area (Å²) in [4.78, 5) is 0. The predicted molar refractivity (Wildman–Crippen MR) is 73.5 cm³/mol. The fourth-order valence-electron chi connectivity index (χ4n) is 2.13. The van der Waals surface area contributed by atoms with Crippen LogP contribution in [0.4, 0.5) is 0 Å². The van der Waals surface area contributed by atoms with Crippen LogP contribution in [0.15, 0.2) is 42.5 Å². The number of hydrogen-bond donors (Lipinski definition) is 0. The van der Waals surface area contributed by atoms with Crippen LogP contribution >= 0.6 is 0 Å². The highest BCUT2D eigenvalue weighted by Crippen LogP contribution is 2.17. The highest BCUT2D eigenvalue weighted by atomic mass is 16.5. The normalized spacial score (nSPS) is 10.8. The molecule has 0 bridgehead atoms. The molecular formula is C15H15N3O. The van der Waals surface area contributed by atoms with Crippen LogP contribution in [0.1, 0.15) is 17.0 Å². The maximum atomic E-state index is 5.37. The molecule has 0 N–H and O–H groups in total. The summed E-state index contributed by atoms with van der Waals surface area (Å²) >= 11 is 0. The number of nitrogens with zero attached hydrogens (tertiary/aromatic N) is 3. The van der Waals surface area contributed by atoms with Gasteiger partial charge < -0.3 is 4.74 Å². The molecule has 1 aromatic carbocycles. The van der Waals surface area contributed by atoms with Crippen LogP contribution in [0.25, 0.3) is 5.65 Å². The fourth-order valence-corrected chi connectivity index (χ4v) is 2.13. The Labute approximate surface area is 111 Å². The number of aryl methyl sites for hydroxylation is 1. The molecule has 0 saturated heterocycles. The zero-order chi connectivity index (χ0) is 13.2. The lowest BCUT2D eigenvalue weighted by atomic mass is 10.1. The maximum absolute atomic E-state index is 5.37. The Kier molecular flexibility index (Phi) is 2.91. The first-order valence-electron chi connectivity index (χ1n) is 6.20. The molecule has 2 aromatic heterocycles. The first-order chi connectivity index (χ1) is 9.28. The van der Waals surface area contributed by atoms with Crippen molar-refractivity contribution < 1.29 is 4.74 Å². The zero-order valence-corrected chi connectivity index (χ0v) is 11.0. The van der Waals surface area contributed by atoms with E-state index >= 15 is 0 Å². The van der Waals surface area contributed by atoms with E-state index in [1.165, 1.54) is 11.1 Å². The monoisotopic (exact) mass is 253 g/mol. The van der Waals surface area contributed by atoms with Gasteiger partial charge in [0.1, 0.15) is 5.82 Å². The van der Waals surface area contributed by atoms with Gasteiger partial charge in [-0.05, 0) is 24.6 Å². The van der Waals surface area contributed by atoms with Crippen LogP contribution in [0, 0.1) is 6.92 Å². The summed E-state index contributed by atoms with van der Waals surface area (Å²) in [7, 11) is 1.66. The summed E-state index contributed by atoms with van der Waals surface area (Å²) in [5.41, 5.74) is 3.28. The molecule has 0 aliphatic carbocycles. The second-order valence-corrected chi connectivity index (χ2v) is 4.54. The molecule has 0 amide bonds. The van der Waals surface area contributed by atoms with Gasteiger partial charge in [0.2, 0.25) is 5.88 Å². The summed E-state index contributed by atoms with van der Waals surface area (Å²) in [5, 5.41) is 8.43. The third-order valence-corrected chi connectivity index (χ3v) is 3.15. The molecule has 0 fully saturated rings. The van der Waals surface area contributed by atoms with Crippen molar-refractivity contribution in [2.24, 2.45) is 0 Å². The van der Waals surface area contributed by atoms with Crippen molar-refractivity contribution >= 4 is 5.65 Å². The quantitative estimate of drug-likeness (QED) is 0.720. The predicted octanol–water partition coefficient (Wildman–Crippen LogP) is 2.64. The minimum Gasteiger partial charge on any atom is -0.482 e. The summed E-state index contributed by atoms with van der Waals surface area (Å²) in [5.74, 6) is 1.64. The topological polar surface area (TPSA) is 39.4 Å². The van der Waals surface area contributed by atoms with E-state index < -0.39 is 0 Å². The number of ether oxygens (including phenoxy) is 1. The van der Waals surface area contributed by atoms with E-state index in [4.69, 9.17) is 4.74 Å². The van der Waals surface area contributed by atoms with Gasteiger partial charge in [-0.2, -0.15) is 0 Å². The molecule has 0 spiro atoms. The smallest absolute Gasteiger partial charge is 0.200 e. The minimum absolute atomic E-state index is 0.738. The van der Waals surface area contributed by atoms with Crippen LogP contribution in [0.2, 0.25) is 0 Å². The van der Waals surface area contributed by atoms with Gasteiger partial charge in [0.15, 0.2) is 5.65 Å². The Bertz CT molecular complexity index is 701. The SMILES string of the molecule is COc1cccc2nnc(Cc3ccc(C)cc3)n12. The largest absolute Gasteiger partial charge is 0.482 e. The Hall–Kier alpha value is -2.36. The molecule has 0 aliphatic rings. The summed E-state index contributed by atoms with van der Waals surface area (Å²) in [6.45, 7) is 2.08. The second-order valence-electron chi connectivity index (χ2n) is 4.54. The lowest BCUT2D eigenvalue weighted by Crippen LogP contribution is -2.00. The molecule has 0 saturated carbocycles. The van der Waals surface area contributed by atoms with E-state index in [1.54, 1.807) is 7.11 Å². The summed E-state index contributed by atoms with van der Waals surface area (Å²) in [6.07, 6.45) is 0.738. The van der Waals surface area contributed by atoms with Crippen LogP contribution in [0.3, 0.4) is 0 Å². The van der Waals surface area contributed by atoms with Gasteiger partial charge in [-0.15, -0.1) is 10.2 Å². The van der Waals surface area contributed by atoms with Gasteiger partial charge in [0.25, 0.3) is 0 Å². The van der Waals surface area contributed by atoms with Gasteiger partial charge in [-0.1, -0.05) is 35.9 Å². The van der Waals surface area contributed by atoms with Crippen LogP contribution in [-0.2, 0) is 6.42 Å². The number of fused-ring (bicyclic) bond motifs is 1. The Morgan fingerprint density at radius 1 is 1.05 bits per heavy atom. The van der Waals surface area contributed by atoms with Gasteiger partial charge in [0.05, 0.1) is 7.11 Å². The van der Waals surface area contributed by atoms with Crippen molar-refractivity contribution in [2.75, 3.05) is 7.11 Å². The van der Waals surface area contributed by atoms with E-state index in [-0.39, 0.29) is 0 Å². The van der Waals surface area contributed by atoms with Gasteiger partial charge in [0, 0.05) is 6.42 Å². The number of rotatable bonds is 3. The van der Waals surface area contributed by atoms with Crippen LogP contribution in [0.5, 0.6) is 5.88 Å². The number of aromatic nitrogens is 3. The van der Waals surface area contributed by atoms with E-state index in [0.717, 1.165) is 23.8 Å². The third-order valence-electron chi connectivity index (χ3n) is 3.15. The third kappa shape index (κ3) is 2.17.